The molecule has 1 aromatic carbocycles. The average molecular weight is 417 g/mol. The Labute approximate surface area is 158 Å². The van der Waals surface area contributed by atoms with Crippen molar-refractivity contribution < 1.29 is 35.9 Å². The largest absolute Gasteiger partial charge is 0.573 e. The molecule has 0 fully saturated rings. The van der Waals surface area contributed by atoms with Gasteiger partial charge in [0.2, 0.25) is 0 Å². The molecule has 1 amide bonds. The highest BCUT2D eigenvalue weighted by Gasteiger charge is 2.41. The summed E-state index contributed by atoms with van der Waals surface area (Å²) in [4.78, 5) is 19.7. The highest BCUT2D eigenvalue weighted by molar-refractivity contribution is 6.05. The molecular formula is C16H9F6N5O2. The van der Waals surface area contributed by atoms with Gasteiger partial charge in [-0.15, -0.1) is 13.2 Å². The van der Waals surface area contributed by atoms with Crippen LogP contribution in [0.25, 0.3) is 5.95 Å². The van der Waals surface area contributed by atoms with E-state index in [1.165, 1.54) is 30.6 Å². The van der Waals surface area contributed by atoms with Gasteiger partial charge in [-0.2, -0.15) is 23.0 Å². The number of hydrogen-bond donors (Lipinski definition) is 1. The number of anilines is 1. The molecule has 0 aliphatic carbocycles. The minimum absolute atomic E-state index is 0.313. The fourth-order valence-corrected chi connectivity index (χ4v) is 2.31. The second-order valence-electron chi connectivity index (χ2n) is 5.36. The van der Waals surface area contributed by atoms with E-state index in [0.717, 1.165) is 12.1 Å². The van der Waals surface area contributed by atoms with Crippen molar-refractivity contribution in [3.8, 4) is 11.7 Å². The lowest BCUT2D eigenvalue weighted by molar-refractivity contribution is -0.274. The first-order valence-corrected chi connectivity index (χ1v) is 7.65. The van der Waals surface area contributed by atoms with Crippen molar-refractivity contribution in [2.45, 2.75) is 12.5 Å². The predicted octanol–water partition coefficient (Wildman–Crippen LogP) is 3.83. The van der Waals surface area contributed by atoms with Crippen LogP contribution in [0.3, 0.4) is 0 Å². The van der Waals surface area contributed by atoms with Crippen LogP contribution in [0.5, 0.6) is 5.75 Å². The summed E-state index contributed by atoms with van der Waals surface area (Å²) in [7, 11) is 0. The molecule has 0 saturated heterocycles. The summed E-state index contributed by atoms with van der Waals surface area (Å²) in [6, 6.07) is 5.77. The lowest BCUT2D eigenvalue weighted by atomic mass is 10.2. The number of carbonyl (C=O) groups is 1. The zero-order chi connectivity index (χ0) is 21.2. The van der Waals surface area contributed by atoms with Crippen LogP contribution in [0.2, 0.25) is 0 Å². The number of carbonyl (C=O) groups excluding carboxylic acids is 1. The van der Waals surface area contributed by atoms with Gasteiger partial charge in [-0.05, 0) is 18.2 Å². The molecule has 0 unspecified atom stereocenters. The van der Waals surface area contributed by atoms with Gasteiger partial charge in [0.05, 0.1) is 17.4 Å². The normalized spacial score (nSPS) is 11.9. The van der Waals surface area contributed by atoms with Gasteiger partial charge in [-0.3, -0.25) is 4.79 Å². The summed E-state index contributed by atoms with van der Waals surface area (Å²) in [5.74, 6) is -2.59. The van der Waals surface area contributed by atoms with Crippen LogP contribution < -0.4 is 10.1 Å². The van der Waals surface area contributed by atoms with E-state index in [1.807, 2.05) is 5.32 Å². The van der Waals surface area contributed by atoms with E-state index < -0.39 is 47.1 Å². The van der Waals surface area contributed by atoms with Crippen molar-refractivity contribution in [3.63, 3.8) is 0 Å². The Morgan fingerprint density at radius 1 is 1.00 bits per heavy atom. The van der Waals surface area contributed by atoms with Crippen LogP contribution >= 0.6 is 0 Å². The van der Waals surface area contributed by atoms with E-state index in [2.05, 4.69) is 19.8 Å². The van der Waals surface area contributed by atoms with Crippen molar-refractivity contribution in [2.24, 2.45) is 0 Å². The molecule has 1 N–H and O–H groups in total. The quantitative estimate of drug-likeness (QED) is 0.653. The molecule has 0 spiro atoms. The zero-order valence-electron chi connectivity index (χ0n) is 14.0. The van der Waals surface area contributed by atoms with Crippen LogP contribution in [0.4, 0.5) is 32.0 Å². The first-order valence-electron chi connectivity index (χ1n) is 7.65. The van der Waals surface area contributed by atoms with E-state index in [0.29, 0.717) is 10.9 Å². The monoisotopic (exact) mass is 417 g/mol. The second-order valence-corrected chi connectivity index (χ2v) is 5.36. The van der Waals surface area contributed by atoms with Crippen LogP contribution in [0.1, 0.15) is 16.1 Å². The van der Waals surface area contributed by atoms with Crippen molar-refractivity contribution in [1.29, 1.82) is 0 Å². The molecule has 0 radical (unpaired) electrons. The maximum Gasteiger partial charge on any atom is 0.573 e. The van der Waals surface area contributed by atoms with E-state index >= 15 is 0 Å². The average Bonchev–Trinajstić information content (AvgIpc) is 3.09. The van der Waals surface area contributed by atoms with Gasteiger partial charge >= 0.3 is 12.5 Å². The molecule has 3 aromatic rings. The molecule has 2 aromatic heterocycles. The summed E-state index contributed by atoms with van der Waals surface area (Å²) in [5.41, 5.74) is -2.91. The SMILES string of the molecule is O=C(Nc1ccccc1OC(F)(F)F)c1cnn(-c2ncccn2)c1C(F)(F)F. The number of alkyl halides is 6. The number of amides is 1. The number of aromatic nitrogens is 4. The third-order valence-corrected chi connectivity index (χ3v) is 3.38. The summed E-state index contributed by atoms with van der Waals surface area (Å²) < 4.78 is 82.2. The van der Waals surface area contributed by atoms with Gasteiger partial charge in [-0.25, -0.2) is 9.97 Å². The lowest BCUT2D eigenvalue weighted by Crippen LogP contribution is -2.22. The van der Waals surface area contributed by atoms with Crippen LogP contribution in [0, 0.1) is 0 Å². The van der Waals surface area contributed by atoms with Crippen LogP contribution in [-0.2, 0) is 6.18 Å². The first kappa shape index (κ1) is 20.1. The molecule has 0 aliphatic rings. The second kappa shape index (κ2) is 7.41. The molecule has 29 heavy (non-hydrogen) atoms. The summed E-state index contributed by atoms with van der Waals surface area (Å²) in [5, 5.41) is 5.47. The third-order valence-electron chi connectivity index (χ3n) is 3.38. The topological polar surface area (TPSA) is 81.9 Å². The van der Waals surface area contributed by atoms with E-state index in [1.54, 1.807) is 0 Å². The molecule has 0 atom stereocenters. The van der Waals surface area contributed by atoms with Crippen molar-refractivity contribution in [1.82, 2.24) is 19.7 Å². The Bertz CT molecular complexity index is 1020. The van der Waals surface area contributed by atoms with Gasteiger partial charge in [0.25, 0.3) is 11.9 Å². The number of hydrogen-bond acceptors (Lipinski definition) is 5. The molecule has 152 valence electrons. The van der Waals surface area contributed by atoms with Crippen LogP contribution in [0.15, 0.2) is 48.9 Å². The Balaban J connectivity index is 1.99. The molecule has 0 bridgehead atoms. The smallest absolute Gasteiger partial charge is 0.404 e. The maximum atomic E-state index is 13.6. The van der Waals surface area contributed by atoms with Crippen LogP contribution in [-0.4, -0.2) is 32.0 Å². The van der Waals surface area contributed by atoms with Gasteiger partial charge < -0.3 is 10.1 Å². The fourth-order valence-electron chi connectivity index (χ4n) is 2.31. The highest BCUT2D eigenvalue weighted by atomic mass is 19.4. The number of halogens is 6. The lowest BCUT2D eigenvalue weighted by Gasteiger charge is -2.14. The Morgan fingerprint density at radius 2 is 1.66 bits per heavy atom. The molecule has 0 aliphatic heterocycles. The van der Waals surface area contributed by atoms with Crippen molar-refractivity contribution >= 4 is 11.6 Å². The van der Waals surface area contributed by atoms with Crippen molar-refractivity contribution in [3.05, 3.63) is 60.2 Å². The van der Waals surface area contributed by atoms with Gasteiger partial charge in [-0.1, -0.05) is 12.1 Å². The standard InChI is InChI=1S/C16H9F6N5O2/c17-15(18,19)12-9(8-25-27(12)14-23-6-3-7-24-14)13(28)26-10-4-1-2-5-11(10)29-16(20,21)22/h1-8H,(H,26,28). The van der Waals surface area contributed by atoms with E-state index in [-0.39, 0.29) is 0 Å². The minimum Gasteiger partial charge on any atom is -0.404 e. The maximum absolute atomic E-state index is 13.6. The molecule has 13 heteroatoms. The number of ether oxygens (including phenoxy) is 1. The first-order chi connectivity index (χ1) is 13.6. The van der Waals surface area contributed by atoms with Gasteiger partial charge in [0.15, 0.2) is 11.4 Å². The summed E-state index contributed by atoms with van der Waals surface area (Å²) in [6.45, 7) is 0. The number of nitrogens with zero attached hydrogens (tertiary/aromatic N) is 4. The highest BCUT2D eigenvalue weighted by Crippen LogP contribution is 2.34. The third kappa shape index (κ3) is 4.62. The molecule has 0 saturated carbocycles. The predicted molar refractivity (Wildman–Crippen MR) is 85.2 cm³/mol. The Hall–Kier alpha value is -3.64. The molecule has 3 rings (SSSR count). The Morgan fingerprint density at radius 3 is 2.28 bits per heavy atom. The van der Waals surface area contributed by atoms with E-state index in [9.17, 15) is 31.1 Å². The number of para-hydroxylation sites is 2. The number of benzene rings is 1. The van der Waals surface area contributed by atoms with Crippen molar-refractivity contribution in [2.75, 3.05) is 5.32 Å². The van der Waals surface area contributed by atoms with Gasteiger partial charge in [0, 0.05) is 12.4 Å². The molecule has 7 nitrogen and oxygen atoms in total. The zero-order valence-corrected chi connectivity index (χ0v) is 14.0. The molecule has 2 heterocycles. The Kier molecular flexibility index (Phi) is 5.14. The van der Waals surface area contributed by atoms with Gasteiger partial charge in [0.1, 0.15) is 0 Å². The summed E-state index contributed by atoms with van der Waals surface area (Å²) in [6.07, 6.45) is -7.14. The minimum atomic E-state index is -5.06. The summed E-state index contributed by atoms with van der Waals surface area (Å²) >= 11 is 0. The molecular weight excluding hydrogens is 408 g/mol. The number of rotatable bonds is 4. The number of nitrogens with one attached hydrogen (secondary N) is 1. The fraction of sp³-hybridized carbons (Fsp3) is 0.125. The van der Waals surface area contributed by atoms with E-state index in [4.69, 9.17) is 0 Å².